The normalized spacial score (nSPS) is 12.0. The Hall–Kier alpha value is -1.55. The second-order valence-corrected chi connectivity index (χ2v) is 6.58. The molecule has 0 heterocycles. The van der Waals surface area contributed by atoms with E-state index in [1.54, 1.807) is 0 Å². The minimum atomic E-state index is -0.807. The molecule has 0 aliphatic carbocycles. The van der Waals surface area contributed by atoms with E-state index < -0.39 is 5.97 Å². The van der Waals surface area contributed by atoms with Crippen molar-refractivity contribution in [2.45, 2.75) is 46.1 Å². The van der Waals surface area contributed by atoms with Crippen molar-refractivity contribution < 1.29 is 14.6 Å². The summed E-state index contributed by atoms with van der Waals surface area (Å²) in [5.74, 6) is 0.0141. The Bertz CT molecular complexity index is 446. The molecule has 0 fully saturated rings. The highest BCUT2D eigenvalue weighted by Crippen LogP contribution is 2.24. The van der Waals surface area contributed by atoms with E-state index in [0.29, 0.717) is 13.2 Å². The van der Waals surface area contributed by atoms with Crippen LogP contribution in [0.3, 0.4) is 0 Å². The lowest BCUT2D eigenvalue weighted by Crippen LogP contribution is -2.38. The van der Waals surface area contributed by atoms with E-state index in [0.717, 1.165) is 5.75 Å². The molecule has 0 saturated heterocycles. The first-order chi connectivity index (χ1) is 9.70. The Balaban J connectivity index is 2.49. The van der Waals surface area contributed by atoms with Crippen molar-refractivity contribution in [1.29, 1.82) is 0 Å². The summed E-state index contributed by atoms with van der Waals surface area (Å²) < 4.78 is 5.70. The molecule has 118 valence electrons. The van der Waals surface area contributed by atoms with E-state index in [4.69, 9.17) is 9.84 Å². The van der Waals surface area contributed by atoms with Crippen molar-refractivity contribution in [3.8, 4) is 5.75 Å². The molecule has 1 N–H and O–H groups in total. The molecule has 0 saturated carbocycles. The number of carboxylic acids is 1. The smallest absolute Gasteiger partial charge is 0.317 e. The summed E-state index contributed by atoms with van der Waals surface area (Å²) in [5.41, 5.74) is 1.40. The number of rotatable bonds is 7. The second kappa shape index (κ2) is 7.46. The third-order valence-electron chi connectivity index (χ3n) is 3.44. The van der Waals surface area contributed by atoms with Crippen molar-refractivity contribution in [3.63, 3.8) is 0 Å². The van der Waals surface area contributed by atoms with E-state index in [2.05, 4.69) is 32.9 Å². The largest absolute Gasteiger partial charge is 0.492 e. The van der Waals surface area contributed by atoms with E-state index in [-0.39, 0.29) is 18.0 Å². The Morgan fingerprint density at radius 1 is 1.24 bits per heavy atom. The molecule has 1 aromatic rings. The minimum absolute atomic E-state index is 0.0456. The number of hydrogen-bond acceptors (Lipinski definition) is 3. The van der Waals surface area contributed by atoms with Gasteiger partial charge in [0.05, 0.1) is 6.54 Å². The SMILES string of the molecule is CC(C)N(CCOc1ccc(C(C)(C)C)cc1)CC(=O)O. The predicted molar refractivity (Wildman–Crippen MR) is 85.0 cm³/mol. The van der Waals surface area contributed by atoms with Crippen molar-refractivity contribution >= 4 is 5.97 Å². The third-order valence-corrected chi connectivity index (χ3v) is 3.44. The zero-order valence-corrected chi connectivity index (χ0v) is 13.7. The van der Waals surface area contributed by atoms with Gasteiger partial charge in [-0.2, -0.15) is 0 Å². The Labute approximate surface area is 127 Å². The molecule has 0 atom stereocenters. The number of aliphatic carboxylic acids is 1. The van der Waals surface area contributed by atoms with Gasteiger partial charge < -0.3 is 9.84 Å². The van der Waals surface area contributed by atoms with Gasteiger partial charge in [0.1, 0.15) is 12.4 Å². The molecule has 0 spiro atoms. The van der Waals surface area contributed by atoms with Crippen molar-refractivity contribution in [1.82, 2.24) is 4.90 Å². The number of hydrogen-bond donors (Lipinski definition) is 1. The summed E-state index contributed by atoms with van der Waals surface area (Å²) in [6.07, 6.45) is 0. The number of nitrogens with zero attached hydrogens (tertiary/aromatic N) is 1. The summed E-state index contributed by atoms with van der Waals surface area (Å²) in [6.45, 7) is 11.6. The fraction of sp³-hybridized carbons (Fsp3) is 0.588. The molecular weight excluding hydrogens is 266 g/mol. The first kappa shape index (κ1) is 17.5. The summed E-state index contributed by atoms with van der Waals surface area (Å²) in [5, 5.41) is 8.87. The molecular formula is C17H27NO3. The maximum Gasteiger partial charge on any atom is 0.317 e. The van der Waals surface area contributed by atoms with Gasteiger partial charge in [0, 0.05) is 12.6 Å². The van der Waals surface area contributed by atoms with Crippen LogP contribution in [0.1, 0.15) is 40.2 Å². The summed E-state index contributed by atoms with van der Waals surface area (Å²) in [6, 6.07) is 8.28. The molecule has 0 amide bonds. The summed E-state index contributed by atoms with van der Waals surface area (Å²) in [4.78, 5) is 12.7. The van der Waals surface area contributed by atoms with Crippen LogP contribution < -0.4 is 4.74 Å². The van der Waals surface area contributed by atoms with Crippen LogP contribution in [0, 0.1) is 0 Å². The molecule has 0 radical (unpaired) electrons. The van der Waals surface area contributed by atoms with Crippen molar-refractivity contribution in [2.24, 2.45) is 0 Å². The standard InChI is InChI=1S/C17H27NO3/c1-13(2)18(12-16(19)20)10-11-21-15-8-6-14(7-9-15)17(3,4)5/h6-9,13H,10-12H2,1-5H3,(H,19,20). The number of carboxylic acid groups (broad SMARTS) is 1. The monoisotopic (exact) mass is 293 g/mol. The number of benzene rings is 1. The lowest BCUT2D eigenvalue weighted by atomic mass is 9.87. The lowest BCUT2D eigenvalue weighted by molar-refractivity contribution is -0.138. The average molecular weight is 293 g/mol. The Morgan fingerprint density at radius 3 is 2.24 bits per heavy atom. The van der Waals surface area contributed by atoms with Crippen LogP contribution in [-0.2, 0) is 10.2 Å². The van der Waals surface area contributed by atoms with Gasteiger partial charge in [0.25, 0.3) is 0 Å². The van der Waals surface area contributed by atoms with Crippen LogP contribution >= 0.6 is 0 Å². The molecule has 4 nitrogen and oxygen atoms in total. The first-order valence-corrected chi connectivity index (χ1v) is 7.39. The van der Waals surface area contributed by atoms with Gasteiger partial charge in [-0.1, -0.05) is 32.9 Å². The summed E-state index contributed by atoms with van der Waals surface area (Å²) >= 11 is 0. The summed E-state index contributed by atoms with van der Waals surface area (Å²) in [7, 11) is 0. The van der Waals surface area contributed by atoms with Gasteiger partial charge in [0.15, 0.2) is 0 Å². The fourth-order valence-corrected chi connectivity index (χ4v) is 2.03. The van der Waals surface area contributed by atoms with Gasteiger partial charge in [-0.05, 0) is 37.0 Å². The van der Waals surface area contributed by atoms with E-state index >= 15 is 0 Å². The highest BCUT2D eigenvalue weighted by Gasteiger charge is 2.14. The number of ether oxygens (including phenoxy) is 1. The van der Waals surface area contributed by atoms with E-state index in [1.165, 1.54) is 5.56 Å². The van der Waals surface area contributed by atoms with Gasteiger partial charge in [-0.3, -0.25) is 9.69 Å². The van der Waals surface area contributed by atoms with E-state index in [9.17, 15) is 4.79 Å². The van der Waals surface area contributed by atoms with Gasteiger partial charge in [-0.15, -0.1) is 0 Å². The second-order valence-electron chi connectivity index (χ2n) is 6.58. The van der Waals surface area contributed by atoms with Crippen LogP contribution in [-0.4, -0.2) is 41.7 Å². The highest BCUT2D eigenvalue weighted by molar-refractivity contribution is 5.69. The zero-order chi connectivity index (χ0) is 16.0. The maximum absolute atomic E-state index is 10.8. The lowest BCUT2D eigenvalue weighted by Gasteiger charge is -2.24. The third kappa shape index (κ3) is 6.17. The highest BCUT2D eigenvalue weighted by atomic mass is 16.5. The van der Waals surface area contributed by atoms with E-state index in [1.807, 2.05) is 30.9 Å². The minimum Gasteiger partial charge on any atom is -0.492 e. The molecule has 1 aromatic carbocycles. The fourth-order valence-electron chi connectivity index (χ4n) is 2.03. The Kier molecular flexibility index (Phi) is 6.21. The molecule has 0 aliphatic rings. The van der Waals surface area contributed by atoms with Crippen molar-refractivity contribution in [3.05, 3.63) is 29.8 Å². The van der Waals surface area contributed by atoms with Crippen LogP contribution in [0.4, 0.5) is 0 Å². The quantitative estimate of drug-likeness (QED) is 0.839. The average Bonchev–Trinajstić information content (AvgIpc) is 2.36. The molecule has 1 rings (SSSR count). The molecule has 0 aliphatic heterocycles. The van der Waals surface area contributed by atoms with Gasteiger partial charge in [-0.25, -0.2) is 0 Å². The van der Waals surface area contributed by atoms with Gasteiger partial charge in [0.2, 0.25) is 0 Å². The zero-order valence-electron chi connectivity index (χ0n) is 13.7. The topological polar surface area (TPSA) is 49.8 Å². The molecule has 4 heteroatoms. The molecule has 21 heavy (non-hydrogen) atoms. The van der Waals surface area contributed by atoms with Crippen LogP contribution in [0.2, 0.25) is 0 Å². The molecule has 0 bridgehead atoms. The first-order valence-electron chi connectivity index (χ1n) is 7.39. The predicted octanol–water partition coefficient (Wildman–Crippen LogP) is 3.16. The van der Waals surface area contributed by atoms with Crippen LogP contribution in [0.5, 0.6) is 5.75 Å². The molecule has 0 unspecified atom stereocenters. The van der Waals surface area contributed by atoms with Gasteiger partial charge >= 0.3 is 5.97 Å². The maximum atomic E-state index is 10.8. The number of carbonyl (C=O) groups is 1. The van der Waals surface area contributed by atoms with Crippen molar-refractivity contribution in [2.75, 3.05) is 19.7 Å². The molecule has 0 aromatic heterocycles. The Morgan fingerprint density at radius 2 is 1.81 bits per heavy atom. The van der Waals surface area contributed by atoms with Crippen LogP contribution in [0.15, 0.2) is 24.3 Å². The van der Waals surface area contributed by atoms with Crippen LogP contribution in [0.25, 0.3) is 0 Å².